The molecule has 0 nitrogen and oxygen atoms in total. The van der Waals surface area contributed by atoms with E-state index in [9.17, 15) is 0 Å². The van der Waals surface area contributed by atoms with Gasteiger partial charge in [-0.3, -0.25) is 0 Å². The number of benzene rings is 19. The Labute approximate surface area is 562 Å². The van der Waals surface area contributed by atoms with Crippen molar-refractivity contribution in [3.05, 3.63) is 207 Å². The molecule has 11 aliphatic carbocycles. The predicted octanol–water partition coefficient (Wildman–Crippen LogP) is 22.0. The normalized spacial score (nSPS) is 26.1. The van der Waals surface area contributed by atoms with Gasteiger partial charge in [0.25, 0.3) is 0 Å². The van der Waals surface area contributed by atoms with E-state index in [1.807, 2.05) is 46.9 Å². The standard InChI is InChI=1S/C65H15.C27H26P2.ClH.Ru/c1-61-46-36-26-16-11-6-7-9-10-8(6)13-20-18(11)28(26)38-40-30(20)32-22(13)24-15(10)25-23-14(9)21-19-12(7)17(16)27-29(19)39-41-31(21)33(23)43-45-35(25)34(24)44-42(32)52-50(40)62(2,48(38)46)57-56(61)58-60-59(57)64(52,4)54(44)55(45)65(60,5)53(43)51(41)63(58,3)49(39)47(61)37(27)36;1-23(29(26-18-10-4-11-19-26)27-20-12-5-13-21-27)22-28(24-14-6-2-7-15-24)25-16-8-3-9-17-25;;/h1-5H3;2-21,23H,22H2,1H3;1H;/q;;;+2/p-1/t;23-;;/m.1../s1. The quantitative estimate of drug-likeness (QED) is 0.0848. The summed E-state index contributed by atoms with van der Waals surface area (Å²) in [6, 6.07) is 44.3. The van der Waals surface area contributed by atoms with E-state index in [1.54, 1.807) is 271 Å². The molecule has 25 aromatic carbocycles. The summed E-state index contributed by atoms with van der Waals surface area (Å²) in [5.41, 5.74) is 17.4. The molecule has 25 aromatic rings. The van der Waals surface area contributed by atoms with Crippen LogP contribution in [0.1, 0.15) is 97.2 Å². The zero-order valence-corrected chi connectivity index (χ0v) is 56.7. The van der Waals surface area contributed by atoms with Gasteiger partial charge in [-0.1, -0.05) is 163 Å². The van der Waals surface area contributed by atoms with Crippen LogP contribution in [0.25, 0.3) is 215 Å². The van der Waals surface area contributed by atoms with Crippen molar-refractivity contribution in [3.8, 4) is 0 Å². The van der Waals surface area contributed by atoms with Crippen LogP contribution in [0.3, 0.4) is 0 Å². The zero-order chi connectivity index (χ0) is 61.1. The molecule has 433 valence electrons. The van der Waals surface area contributed by atoms with Gasteiger partial charge < -0.3 is 0 Å². The second-order valence-electron chi connectivity index (χ2n) is 33.4. The van der Waals surface area contributed by atoms with Crippen molar-refractivity contribution < 1.29 is 17.3 Å². The zero-order valence-electron chi connectivity index (χ0n) is 52.5. The van der Waals surface area contributed by atoms with Gasteiger partial charge >= 0.3 is 27.0 Å². The summed E-state index contributed by atoms with van der Waals surface area (Å²) in [5.74, 6) is 9.05. The van der Waals surface area contributed by atoms with Gasteiger partial charge in [0.15, 0.2) is 0 Å². The van der Waals surface area contributed by atoms with Gasteiger partial charge in [0.05, 0.1) is 0 Å². The number of rotatable bonds is 7. The third-order valence-corrected chi connectivity index (χ3v) is 37.2. The maximum absolute atomic E-state index is 4.57. The van der Waals surface area contributed by atoms with Crippen molar-refractivity contribution in [2.75, 3.05) is 6.16 Å². The summed E-state index contributed by atoms with van der Waals surface area (Å²) in [4.78, 5) is 0. The Bertz CT molecular complexity index is 6780. The van der Waals surface area contributed by atoms with Crippen molar-refractivity contribution in [1.82, 2.24) is 0 Å². The van der Waals surface area contributed by atoms with Crippen molar-refractivity contribution in [1.29, 1.82) is 0 Å². The summed E-state index contributed by atoms with van der Waals surface area (Å²) < 4.78 is 0. The fourth-order valence-electron chi connectivity index (χ4n) is 30.0. The van der Waals surface area contributed by atoms with Gasteiger partial charge in [-0.05, 0) is 320 Å². The molecule has 1 atom stereocenters. The van der Waals surface area contributed by atoms with Crippen LogP contribution in [0.2, 0.25) is 0 Å². The summed E-state index contributed by atoms with van der Waals surface area (Å²) in [6.45, 7) is 16.7. The topological polar surface area (TPSA) is 0 Å². The van der Waals surface area contributed by atoms with Gasteiger partial charge in [0.2, 0.25) is 0 Å². The van der Waals surface area contributed by atoms with Crippen LogP contribution >= 0.6 is 25.5 Å². The number of halogens is 1. The fourth-order valence-corrected chi connectivity index (χ4v) is 35.8. The molecule has 0 aliphatic heterocycles. The molecule has 0 bridgehead atoms. The van der Waals surface area contributed by atoms with Crippen LogP contribution in [0.5, 0.6) is 0 Å². The Morgan fingerprint density at radius 2 is 0.385 bits per heavy atom. The molecular weight excluding hydrogens is 1300 g/mol. The molecule has 0 amide bonds. The van der Waals surface area contributed by atoms with Crippen LogP contribution in [-0.2, 0) is 44.4 Å². The van der Waals surface area contributed by atoms with Gasteiger partial charge in [-0.15, -0.1) is 0 Å². The number of hydrogen-bond donors (Lipinski definition) is 0. The molecule has 5 radical (unpaired) electrons. The fraction of sp³-hybridized carbons (Fsp3) is 0.141. The molecular formula is C92H41ClP2Ru+. The van der Waals surface area contributed by atoms with Gasteiger partial charge in [0.1, 0.15) is 0 Å². The van der Waals surface area contributed by atoms with Crippen LogP contribution < -0.4 is 21.2 Å². The summed E-state index contributed by atoms with van der Waals surface area (Å²) >= 11 is 1.82. The third kappa shape index (κ3) is 3.25. The van der Waals surface area contributed by atoms with Crippen LogP contribution in [0.4, 0.5) is 0 Å². The van der Waals surface area contributed by atoms with Crippen LogP contribution in [-0.4, -0.2) is 11.8 Å². The molecule has 1 saturated carbocycles. The molecule has 0 aromatic heterocycles. The third-order valence-electron chi connectivity index (χ3n) is 31.3. The molecule has 36 rings (SSSR count). The van der Waals surface area contributed by atoms with Crippen LogP contribution in [0, 0.1) is 29.6 Å². The van der Waals surface area contributed by atoms with Gasteiger partial charge in [-0.2, -0.15) is 0 Å². The van der Waals surface area contributed by atoms with E-state index in [0.29, 0.717) is 5.66 Å². The minimum absolute atomic E-state index is 0.191. The van der Waals surface area contributed by atoms with Crippen LogP contribution in [0.15, 0.2) is 121 Å². The van der Waals surface area contributed by atoms with Crippen molar-refractivity contribution in [2.45, 2.75) is 74.3 Å². The summed E-state index contributed by atoms with van der Waals surface area (Å²) in [7, 11) is 3.77. The molecule has 11 aliphatic rings. The monoisotopic (exact) mass is 1340 g/mol. The first-order valence-electron chi connectivity index (χ1n) is 35.2. The first-order valence-corrected chi connectivity index (χ1v) is 40.4. The Morgan fingerprint density at radius 3 is 0.552 bits per heavy atom. The summed E-state index contributed by atoms with van der Waals surface area (Å²) in [5, 5.41) is 73.7. The molecule has 0 saturated heterocycles. The molecule has 96 heavy (non-hydrogen) atoms. The van der Waals surface area contributed by atoms with Crippen molar-refractivity contribution in [3.63, 3.8) is 0 Å². The van der Waals surface area contributed by atoms with E-state index in [0.717, 1.165) is 0 Å². The number of hydrogen-bond acceptors (Lipinski definition) is 0. The Morgan fingerprint density at radius 1 is 0.240 bits per heavy atom. The predicted molar refractivity (Wildman–Crippen MR) is 405 cm³/mol. The minimum atomic E-state index is -0.409. The molecule has 0 N–H and O–H groups in total. The average Bonchev–Trinajstić information content (AvgIpc) is 1.38. The van der Waals surface area contributed by atoms with Crippen molar-refractivity contribution in [2.24, 2.45) is 0 Å². The second kappa shape index (κ2) is 12.3. The Kier molecular flexibility index (Phi) is 5.95. The van der Waals surface area contributed by atoms with E-state index in [1.165, 1.54) is 27.4 Å². The second-order valence-corrected chi connectivity index (χ2v) is 38.3. The Hall–Kier alpha value is -7.85. The molecule has 0 unspecified atom stereocenters. The molecule has 1 fully saturated rings. The average molecular weight is 1340 g/mol. The first kappa shape index (κ1) is 46.4. The maximum atomic E-state index is 4.57. The van der Waals surface area contributed by atoms with E-state index in [4.69, 9.17) is 0 Å². The van der Waals surface area contributed by atoms with E-state index < -0.39 is 7.92 Å². The molecule has 0 spiro atoms. The molecule has 0 heterocycles. The van der Waals surface area contributed by atoms with Gasteiger partial charge in [0, 0.05) is 56.7 Å². The Balaban J connectivity index is 0.000000134. The van der Waals surface area contributed by atoms with Crippen molar-refractivity contribution >= 4 is 262 Å². The SMILES string of the molecule is CC12[C]3[C]4[C]5[C]6[C]3C3(C)c7c1c1c8c2c2c9c%10c(c%11c%12c%13c(c%14c%15c%16c(c3c3c7c7c1c1c%17c8c9c8c9c%10c%12c%10c%12c%13c%15c%13c%15c%16c3c3c7c1c1c(c%178)c(c9%10)c(c%12%13)c1c3%15)C6%14C)C5%11C)C42C.C[C@H](CP(c1ccccc1)c1ccccc1)P(c1ccccc1)c1ccccc1.[Cl][Ru+]. The first-order chi connectivity index (χ1) is 47.2. The molecule has 4 heteroatoms. The summed E-state index contributed by atoms with van der Waals surface area (Å²) in [6.07, 6.45) is 1.19. The van der Waals surface area contributed by atoms with E-state index in [2.05, 4.69) is 173 Å². The van der Waals surface area contributed by atoms with E-state index in [-0.39, 0.29) is 35.0 Å². The van der Waals surface area contributed by atoms with E-state index >= 15 is 0 Å². The van der Waals surface area contributed by atoms with Gasteiger partial charge in [-0.25, -0.2) is 0 Å².